The van der Waals surface area contributed by atoms with E-state index in [0.29, 0.717) is 12.6 Å². The first-order valence-corrected chi connectivity index (χ1v) is 8.93. The molecule has 0 spiro atoms. The van der Waals surface area contributed by atoms with Crippen molar-refractivity contribution in [3.63, 3.8) is 0 Å². The van der Waals surface area contributed by atoms with E-state index in [9.17, 15) is 0 Å². The number of nitrogens with one attached hydrogen (secondary N) is 2. The molecule has 0 saturated carbocycles. The smallest absolute Gasteiger partial charge is 0.191 e. The van der Waals surface area contributed by atoms with E-state index in [0.717, 1.165) is 31.4 Å². The minimum absolute atomic E-state index is 0. The van der Waals surface area contributed by atoms with E-state index in [2.05, 4.69) is 58.4 Å². The summed E-state index contributed by atoms with van der Waals surface area (Å²) in [7, 11) is 0. The van der Waals surface area contributed by atoms with E-state index in [-0.39, 0.29) is 24.0 Å². The van der Waals surface area contributed by atoms with Gasteiger partial charge in [0.05, 0.1) is 6.54 Å². The number of hydrogen-bond acceptors (Lipinski definition) is 3. The van der Waals surface area contributed by atoms with Gasteiger partial charge in [0.1, 0.15) is 5.82 Å². The molecule has 6 heteroatoms. The normalized spacial score (nSPS) is 15.7. The average Bonchev–Trinajstić information content (AvgIpc) is 2.82. The Kier molecular flexibility index (Phi) is 10.1. The second kappa shape index (κ2) is 11.5. The van der Waals surface area contributed by atoms with E-state index in [4.69, 9.17) is 0 Å². The Morgan fingerprint density at radius 2 is 1.96 bits per heavy atom. The maximum atomic E-state index is 4.68. The van der Waals surface area contributed by atoms with Gasteiger partial charge in [-0.25, -0.2) is 9.98 Å². The molecule has 2 rings (SSSR count). The molecule has 2 heterocycles. The van der Waals surface area contributed by atoms with Gasteiger partial charge in [0.25, 0.3) is 0 Å². The van der Waals surface area contributed by atoms with Gasteiger partial charge in [-0.2, -0.15) is 0 Å². The maximum absolute atomic E-state index is 4.68. The van der Waals surface area contributed by atoms with Crippen molar-refractivity contribution in [2.45, 2.75) is 59.0 Å². The Hall–Kier alpha value is -1.05. The molecule has 1 aromatic rings. The average molecular weight is 445 g/mol. The topological polar surface area (TPSA) is 52.6 Å². The molecular formula is C18H32IN5. The Morgan fingerprint density at radius 3 is 2.58 bits per heavy atom. The first-order chi connectivity index (χ1) is 11.2. The molecule has 5 nitrogen and oxygen atoms in total. The Labute approximate surface area is 163 Å². The predicted octanol–water partition coefficient (Wildman–Crippen LogP) is 3.54. The summed E-state index contributed by atoms with van der Waals surface area (Å²) in [6.45, 7) is 10.1. The van der Waals surface area contributed by atoms with Crippen LogP contribution in [0.5, 0.6) is 0 Å². The highest BCUT2D eigenvalue weighted by atomic mass is 127. The lowest BCUT2D eigenvalue weighted by Crippen LogP contribution is -2.41. The number of guanidine groups is 1. The zero-order valence-electron chi connectivity index (χ0n) is 15.2. The van der Waals surface area contributed by atoms with E-state index >= 15 is 0 Å². The molecule has 0 radical (unpaired) electrons. The van der Waals surface area contributed by atoms with Crippen LogP contribution in [-0.4, -0.2) is 36.6 Å². The van der Waals surface area contributed by atoms with Crippen molar-refractivity contribution in [2.75, 3.05) is 24.5 Å². The Balaban J connectivity index is 0.00000288. The zero-order chi connectivity index (χ0) is 16.5. The summed E-state index contributed by atoms with van der Waals surface area (Å²) in [4.78, 5) is 11.7. The number of anilines is 1. The first kappa shape index (κ1) is 21.0. The molecule has 136 valence electrons. The van der Waals surface area contributed by atoms with E-state index in [1.165, 1.54) is 31.2 Å². The van der Waals surface area contributed by atoms with Gasteiger partial charge >= 0.3 is 0 Å². The van der Waals surface area contributed by atoms with Crippen molar-refractivity contribution < 1.29 is 0 Å². The quantitative estimate of drug-likeness (QED) is 0.414. The number of pyridine rings is 1. The third-order valence-corrected chi connectivity index (χ3v) is 3.93. The van der Waals surface area contributed by atoms with Gasteiger partial charge < -0.3 is 15.5 Å². The standard InChI is InChI=1S/C18H31N5.HI/c1-4-19-18(22-15(2)3)21-14-16-9-10-20-17(13-16)23-11-7-5-6-8-12-23;/h9-10,13,15H,4-8,11-12,14H2,1-3H3,(H2,19,21,22);1H. The fourth-order valence-electron chi connectivity index (χ4n) is 2.80. The number of halogens is 1. The SMILES string of the molecule is CCNC(=NCc1ccnc(N2CCCCCC2)c1)NC(C)C.I. The highest BCUT2D eigenvalue weighted by molar-refractivity contribution is 14.0. The second-order valence-corrected chi connectivity index (χ2v) is 6.42. The van der Waals surface area contributed by atoms with Gasteiger partial charge in [-0.1, -0.05) is 12.8 Å². The molecule has 1 aliphatic heterocycles. The second-order valence-electron chi connectivity index (χ2n) is 6.42. The van der Waals surface area contributed by atoms with Crippen molar-refractivity contribution in [1.29, 1.82) is 0 Å². The fourth-order valence-corrected chi connectivity index (χ4v) is 2.80. The zero-order valence-corrected chi connectivity index (χ0v) is 17.5. The number of aromatic nitrogens is 1. The summed E-state index contributed by atoms with van der Waals surface area (Å²) in [5.74, 6) is 1.97. The van der Waals surface area contributed by atoms with E-state index in [1.54, 1.807) is 0 Å². The van der Waals surface area contributed by atoms with E-state index in [1.807, 2.05) is 6.20 Å². The van der Waals surface area contributed by atoms with Crippen LogP contribution < -0.4 is 15.5 Å². The molecule has 2 N–H and O–H groups in total. The monoisotopic (exact) mass is 445 g/mol. The summed E-state index contributed by atoms with van der Waals surface area (Å²) in [5.41, 5.74) is 1.21. The van der Waals surface area contributed by atoms with Crippen molar-refractivity contribution >= 4 is 35.8 Å². The van der Waals surface area contributed by atoms with Gasteiger partial charge in [0.15, 0.2) is 5.96 Å². The summed E-state index contributed by atoms with van der Waals surface area (Å²) in [6, 6.07) is 4.62. The van der Waals surface area contributed by atoms with Gasteiger partial charge in [0, 0.05) is 31.9 Å². The molecule has 1 saturated heterocycles. The molecule has 1 aromatic heterocycles. The van der Waals surface area contributed by atoms with Crippen molar-refractivity contribution in [3.8, 4) is 0 Å². The predicted molar refractivity (Wildman–Crippen MR) is 113 cm³/mol. The van der Waals surface area contributed by atoms with Crippen LogP contribution in [0, 0.1) is 0 Å². The van der Waals surface area contributed by atoms with Crippen LogP contribution in [0.4, 0.5) is 5.82 Å². The highest BCUT2D eigenvalue weighted by Gasteiger charge is 2.11. The molecule has 0 aliphatic carbocycles. The van der Waals surface area contributed by atoms with Crippen LogP contribution in [-0.2, 0) is 6.54 Å². The molecule has 0 bridgehead atoms. The van der Waals surface area contributed by atoms with Crippen molar-refractivity contribution in [1.82, 2.24) is 15.6 Å². The van der Waals surface area contributed by atoms with Gasteiger partial charge in [-0.3, -0.25) is 0 Å². The minimum Gasteiger partial charge on any atom is -0.357 e. The van der Waals surface area contributed by atoms with Crippen LogP contribution in [0.25, 0.3) is 0 Å². The van der Waals surface area contributed by atoms with Gasteiger partial charge in [-0.15, -0.1) is 24.0 Å². The summed E-state index contributed by atoms with van der Waals surface area (Å²) in [6.07, 6.45) is 7.13. The van der Waals surface area contributed by atoms with Crippen LogP contribution in [0.3, 0.4) is 0 Å². The molecule has 0 unspecified atom stereocenters. The van der Waals surface area contributed by atoms with E-state index < -0.39 is 0 Å². The van der Waals surface area contributed by atoms with Crippen molar-refractivity contribution in [2.24, 2.45) is 4.99 Å². The first-order valence-electron chi connectivity index (χ1n) is 8.93. The fraction of sp³-hybridized carbons (Fsp3) is 0.667. The van der Waals surface area contributed by atoms with Gasteiger partial charge in [-0.05, 0) is 51.3 Å². The van der Waals surface area contributed by atoms with Crippen LogP contribution in [0.15, 0.2) is 23.3 Å². The summed E-state index contributed by atoms with van der Waals surface area (Å²) < 4.78 is 0. The molecule has 0 aromatic carbocycles. The van der Waals surface area contributed by atoms with Crippen molar-refractivity contribution in [3.05, 3.63) is 23.9 Å². The molecule has 0 atom stereocenters. The summed E-state index contributed by atoms with van der Waals surface area (Å²) >= 11 is 0. The summed E-state index contributed by atoms with van der Waals surface area (Å²) in [5, 5.41) is 6.63. The number of nitrogens with zero attached hydrogens (tertiary/aromatic N) is 3. The molecule has 1 aliphatic rings. The molecule has 1 fully saturated rings. The third kappa shape index (κ3) is 7.23. The Bertz CT molecular complexity index is 496. The Morgan fingerprint density at radius 1 is 1.25 bits per heavy atom. The van der Waals surface area contributed by atoms with Crippen LogP contribution in [0.2, 0.25) is 0 Å². The number of hydrogen-bond donors (Lipinski definition) is 2. The van der Waals surface area contributed by atoms with Gasteiger partial charge in [0.2, 0.25) is 0 Å². The molecular weight excluding hydrogens is 413 g/mol. The third-order valence-electron chi connectivity index (χ3n) is 3.93. The highest BCUT2D eigenvalue weighted by Crippen LogP contribution is 2.18. The minimum atomic E-state index is 0. The van der Waals surface area contributed by atoms with Crippen LogP contribution >= 0.6 is 24.0 Å². The lowest BCUT2D eigenvalue weighted by atomic mass is 10.2. The number of aliphatic imine (C=N–C) groups is 1. The largest absolute Gasteiger partial charge is 0.357 e. The molecule has 24 heavy (non-hydrogen) atoms. The van der Waals surface area contributed by atoms with Crippen LogP contribution in [0.1, 0.15) is 52.0 Å². The molecule has 0 amide bonds. The lowest BCUT2D eigenvalue weighted by Gasteiger charge is -2.21. The number of rotatable bonds is 5. The lowest BCUT2D eigenvalue weighted by molar-refractivity contribution is 0.700. The maximum Gasteiger partial charge on any atom is 0.191 e.